The summed E-state index contributed by atoms with van der Waals surface area (Å²) in [6.45, 7) is 6.45. The molecule has 0 unspecified atom stereocenters. The molecule has 21 heavy (non-hydrogen) atoms. The predicted molar refractivity (Wildman–Crippen MR) is 79.5 cm³/mol. The minimum Gasteiger partial charge on any atom is -0.492 e. The van der Waals surface area contributed by atoms with Crippen molar-refractivity contribution in [1.29, 1.82) is 0 Å². The molecule has 0 saturated heterocycles. The minimum absolute atomic E-state index is 0.107. The van der Waals surface area contributed by atoms with E-state index in [1.54, 1.807) is 25.1 Å². The maximum absolute atomic E-state index is 13.6. The Bertz CT molecular complexity index is 732. The van der Waals surface area contributed by atoms with Gasteiger partial charge in [0.15, 0.2) is 5.78 Å². The van der Waals surface area contributed by atoms with Crippen molar-refractivity contribution in [3.8, 4) is 5.75 Å². The Morgan fingerprint density at radius 3 is 2.52 bits per heavy atom. The lowest BCUT2D eigenvalue weighted by Gasteiger charge is -2.15. The number of fused-ring (bicyclic) bond motifs is 1. The Kier molecular flexibility index (Phi) is 3.08. The van der Waals surface area contributed by atoms with Gasteiger partial charge in [0.2, 0.25) is 0 Å². The van der Waals surface area contributed by atoms with Crippen LogP contribution in [0.5, 0.6) is 5.75 Å². The Morgan fingerprint density at radius 1 is 1.14 bits per heavy atom. The molecule has 0 N–H and O–H groups in total. The summed E-state index contributed by atoms with van der Waals surface area (Å²) in [7, 11) is 0. The Hall–Kier alpha value is -2.16. The molecular formula is C18H17FO2. The molecule has 1 aliphatic heterocycles. The molecule has 0 atom stereocenters. The predicted octanol–water partition coefficient (Wildman–Crippen LogP) is 4.04. The van der Waals surface area contributed by atoms with Crippen LogP contribution in [0.15, 0.2) is 36.4 Å². The number of halogens is 1. The van der Waals surface area contributed by atoms with Gasteiger partial charge in [-0.15, -0.1) is 0 Å². The van der Waals surface area contributed by atoms with Crippen molar-refractivity contribution in [1.82, 2.24) is 0 Å². The highest BCUT2D eigenvalue weighted by Crippen LogP contribution is 2.39. The van der Waals surface area contributed by atoms with E-state index in [2.05, 4.69) is 13.8 Å². The molecule has 2 aromatic carbocycles. The minimum atomic E-state index is -0.356. The average Bonchev–Trinajstić information content (AvgIpc) is 2.76. The number of carbonyl (C=O) groups is 1. The molecule has 0 saturated carbocycles. The molecule has 3 heteroatoms. The summed E-state index contributed by atoms with van der Waals surface area (Å²) in [4.78, 5) is 12.5. The summed E-state index contributed by atoms with van der Waals surface area (Å²) >= 11 is 0. The maximum atomic E-state index is 13.6. The van der Waals surface area contributed by atoms with Crippen LogP contribution in [0.25, 0.3) is 0 Å². The van der Waals surface area contributed by atoms with Crippen LogP contribution in [0.3, 0.4) is 0 Å². The van der Waals surface area contributed by atoms with E-state index < -0.39 is 0 Å². The molecule has 0 spiro atoms. The third-order valence-corrected chi connectivity index (χ3v) is 3.99. The highest BCUT2D eigenvalue weighted by molar-refractivity contribution is 6.09. The van der Waals surface area contributed by atoms with E-state index in [1.165, 1.54) is 6.07 Å². The zero-order chi connectivity index (χ0) is 15.2. The van der Waals surface area contributed by atoms with Gasteiger partial charge in [-0.3, -0.25) is 4.79 Å². The van der Waals surface area contributed by atoms with Gasteiger partial charge in [0, 0.05) is 22.1 Å². The van der Waals surface area contributed by atoms with Crippen LogP contribution < -0.4 is 4.74 Å². The molecule has 0 bridgehead atoms. The molecule has 1 heterocycles. The Balaban J connectivity index is 2.01. The first-order valence-corrected chi connectivity index (χ1v) is 6.97. The highest BCUT2D eigenvalue weighted by Gasteiger charge is 2.32. The second-order valence-electron chi connectivity index (χ2n) is 6.18. The molecule has 108 valence electrons. The first-order valence-electron chi connectivity index (χ1n) is 6.97. The third kappa shape index (κ3) is 2.33. The number of aryl methyl sites for hydroxylation is 1. The fourth-order valence-corrected chi connectivity index (χ4v) is 2.56. The van der Waals surface area contributed by atoms with Gasteiger partial charge in [0.25, 0.3) is 0 Å². The van der Waals surface area contributed by atoms with Crippen molar-refractivity contribution in [2.45, 2.75) is 26.2 Å². The highest BCUT2D eigenvalue weighted by atomic mass is 19.1. The van der Waals surface area contributed by atoms with Gasteiger partial charge in [-0.1, -0.05) is 26.0 Å². The van der Waals surface area contributed by atoms with E-state index in [0.717, 1.165) is 11.3 Å². The summed E-state index contributed by atoms with van der Waals surface area (Å²) in [5, 5.41) is 0. The smallest absolute Gasteiger partial charge is 0.193 e. The number of hydrogen-bond donors (Lipinski definition) is 0. The first-order chi connectivity index (χ1) is 9.88. The van der Waals surface area contributed by atoms with Gasteiger partial charge >= 0.3 is 0 Å². The molecule has 2 aromatic rings. The molecule has 0 radical (unpaired) electrons. The Morgan fingerprint density at radius 2 is 1.81 bits per heavy atom. The van der Waals surface area contributed by atoms with E-state index in [9.17, 15) is 9.18 Å². The van der Waals surface area contributed by atoms with Crippen molar-refractivity contribution in [2.75, 3.05) is 6.61 Å². The second kappa shape index (κ2) is 4.69. The lowest BCUT2D eigenvalue weighted by molar-refractivity contribution is 0.103. The number of hydrogen-bond acceptors (Lipinski definition) is 2. The second-order valence-corrected chi connectivity index (χ2v) is 6.18. The van der Waals surface area contributed by atoms with Gasteiger partial charge in [0.1, 0.15) is 11.6 Å². The largest absolute Gasteiger partial charge is 0.492 e. The van der Waals surface area contributed by atoms with Crippen molar-refractivity contribution >= 4 is 5.78 Å². The van der Waals surface area contributed by atoms with Crippen LogP contribution in [-0.2, 0) is 5.41 Å². The van der Waals surface area contributed by atoms with Gasteiger partial charge in [-0.2, -0.15) is 0 Å². The third-order valence-electron chi connectivity index (χ3n) is 3.99. The van der Waals surface area contributed by atoms with E-state index >= 15 is 0 Å². The summed E-state index contributed by atoms with van der Waals surface area (Å²) in [6, 6.07) is 10.0. The number of ketones is 1. The quantitative estimate of drug-likeness (QED) is 0.778. The van der Waals surface area contributed by atoms with E-state index in [-0.39, 0.29) is 17.0 Å². The molecule has 0 aromatic heterocycles. The van der Waals surface area contributed by atoms with Crippen molar-refractivity contribution in [3.05, 3.63) is 64.5 Å². The Labute approximate surface area is 123 Å². The lowest BCUT2D eigenvalue weighted by Crippen LogP contribution is -2.18. The monoisotopic (exact) mass is 284 g/mol. The van der Waals surface area contributed by atoms with E-state index in [1.807, 2.05) is 12.1 Å². The molecule has 3 rings (SSSR count). The number of rotatable bonds is 2. The van der Waals surface area contributed by atoms with Gasteiger partial charge in [-0.05, 0) is 36.8 Å². The van der Waals surface area contributed by atoms with Crippen molar-refractivity contribution in [3.63, 3.8) is 0 Å². The van der Waals surface area contributed by atoms with Crippen LogP contribution in [0, 0.1) is 12.7 Å². The fraction of sp³-hybridized carbons (Fsp3) is 0.278. The number of benzene rings is 2. The maximum Gasteiger partial charge on any atom is 0.193 e. The molecule has 1 aliphatic rings. The molecule has 0 amide bonds. The van der Waals surface area contributed by atoms with Crippen molar-refractivity contribution < 1.29 is 13.9 Å². The molecule has 0 fully saturated rings. The van der Waals surface area contributed by atoms with Crippen LogP contribution in [0.2, 0.25) is 0 Å². The topological polar surface area (TPSA) is 26.3 Å². The zero-order valence-electron chi connectivity index (χ0n) is 12.4. The van der Waals surface area contributed by atoms with E-state index in [4.69, 9.17) is 4.74 Å². The summed E-state index contributed by atoms with van der Waals surface area (Å²) in [5.74, 6) is 0.303. The number of carbonyl (C=O) groups excluding carboxylic acids is 1. The van der Waals surface area contributed by atoms with Crippen molar-refractivity contribution in [2.24, 2.45) is 0 Å². The molecular weight excluding hydrogens is 267 g/mol. The summed E-state index contributed by atoms with van der Waals surface area (Å²) in [6.07, 6.45) is 0. The molecule has 0 aliphatic carbocycles. The summed E-state index contributed by atoms with van der Waals surface area (Å²) in [5.41, 5.74) is 2.39. The first kappa shape index (κ1) is 13.8. The van der Waals surface area contributed by atoms with Gasteiger partial charge in [-0.25, -0.2) is 4.39 Å². The van der Waals surface area contributed by atoms with Crippen LogP contribution in [0.4, 0.5) is 4.39 Å². The lowest BCUT2D eigenvalue weighted by atomic mass is 9.85. The van der Waals surface area contributed by atoms with Crippen LogP contribution >= 0.6 is 0 Å². The normalized spacial score (nSPS) is 15.4. The van der Waals surface area contributed by atoms with E-state index in [0.29, 0.717) is 23.3 Å². The van der Waals surface area contributed by atoms with Gasteiger partial charge in [0.05, 0.1) is 6.61 Å². The number of ether oxygens (including phenoxy) is 1. The van der Waals surface area contributed by atoms with Crippen LogP contribution in [0.1, 0.15) is 40.9 Å². The van der Waals surface area contributed by atoms with Gasteiger partial charge < -0.3 is 4.74 Å². The SMILES string of the molecule is Cc1ccc(C(=O)c2ccc3c(c2)C(C)(C)CO3)cc1F. The summed E-state index contributed by atoms with van der Waals surface area (Å²) < 4.78 is 19.2. The standard InChI is InChI=1S/C18H17FO2/c1-11-4-5-13(9-15(11)19)17(20)12-6-7-16-14(8-12)18(2,3)10-21-16/h4-9H,10H2,1-3H3. The fourth-order valence-electron chi connectivity index (χ4n) is 2.56. The van der Waals surface area contributed by atoms with Crippen LogP contribution in [-0.4, -0.2) is 12.4 Å². The molecule has 2 nitrogen and oxygen atoms in total. The zero-order valence-corrected chi connectivity index (χ0v) is 12.4. The average molecular weight is 284 g/mol.